The number of alkyl halides is 1. The molecule has 9 heteroatoms. The Labute approximate surface area is 156 Å². The molecular weight excluding hydrogens is 349 g/mol. The number of rotatable bonds is 3. The number of hydrogen-bond acceptors (Lipinski definition) is 8. The van der Waals surface area contributed by atoms with Crippen molar-refractivity contribution < 1.29 is 9.13 Å². The van der Waals surface area contributed by atoms with Crippen LogP contribution >= 0.6 is 0 Å². The predicted molar refractivity (Wildman–Crippen MR) is 99.2 cm³/mol. The molecule has 0 saturated carbocycles. The highest BCUT2D eigenvalue weighted by atomic mass is 19.1. The fourth-order valence-corrected chi connectivity index (χ4v) is 4.10. The van der Waals surface area contributed by atoms with Crippen molar-refractivity contribution in [3.05, 3.63) is 18.5 Å². The second-order valence-corrected chi connectivity index (χ2v) is 7.64. The van der Waals surface area contributed by atoms with Crippen LogP contribution in [0, 0.1) is 5.92 Å². The van der Waals surface area contributed by atoms with Gasteiger partial charge in [-0.1, -0.05) is 6.92 Å². The molecular formula is C18H22FN7O. The molecule has 3 saturated heterocycles. The first-order valence-corrected chi connectivity index (χ1v) is 9.31. The summed E-state index contributed by atoms with van der Waals surface area (Å²) in [6.45, 7) is 4.38. The van der Waals surface area contributed by atoms with Gasteiger partial charge in [0.15, 0.2) is 0 Å². The van der Waals surface area contributed by atoms with Crippen molar-refractivity contribution in [1.82, 2.24) is 19.9 Å². The van der Waals surface area contributed by atoms with Crippen molar-refractivity contribution in [2.75, 3.05) is 41.8 Å². The highest BCUT2D eigenvalue weighted by Crippen LogP contribution is 2.34. The van der Waals surface area contributed by atoms with Crippen LogP contribution in [-0.2, 0) is 4.74 Å². The van der Waals surface area contributed by atoms with E-state index in [0.717, 1.165) is 31.0 Å². The van der Waals surface area contributed by atoms with Crippen LogP contribution in [0.15, 0.2) is 18.5 Å². The molecule has 8 nitrogen and oxygen atoms in total. The summed E-state index contributed by atoms with van der Waals surface area (Å²) < 4.78 is 19.8. The summed E-state index contributed by atoms with van der Waals surface area (Å²) in [5.41, 5.74) is 7.09. The summed E-state index contributed by atoms with van der Waals surface area (Å²) in [6, 6.07) is 2.28. The Bertz CT molecular complexity index is 838. The van der Waals surface area contributed by atoms with Gasteiger partial charge in [0.2, 0.25) is 11.9 Å². The zero-order chi connectivity index (χ0) is 18.5. The maximum absolute atomic E-state index is 14.1. The molecule has 4 atom stereocenters. The topological polar surface area (TPSA) is 93.3 Å². The second kappa shape index (κ2) is 6.26. The maximum atomic E-state index is 14.1. The molecule has 0 radical (unpaired) electrons. The van der Waals surface area contributed by atoms with Crippen molar-refractivity contribution in [3.8, 4) is 11.3 Å². The van der Waals surface area contributed by atoms with Crippen LogP contribution < -0.4 is 15.5 Å². The molecule has 5 heterocycles. The first kappa shape index (κ1) is 16.6. The van der Waals surface area contributed by atoms with Crippen molar-refractivity contribution >= 4 is 17.7 Å². The van der Waals surface area contributed by atoms with Gasteiger partial charge in [0.1, 0.15) is 12.0 Å². The second-order valence-electron chi connectivity index (χ2n) is 7.64. The Balaban J connectivity index is 1.55. The molecule has 0 aliphatic carbocycles. The molecule has 2 aromatic rings. The molecule has 3 aliphatic rings. The molecule has 27 heavy (non-hydrogen) atoms. The van der Waals surface area contributed by atoms with Crippen molar-refractivity contribution in [2.24, 2.45) is 5.92 Å². The third-order valence-corrected chi connectivity index (χ3v) is 5.67. The number of morpholine rings is 1. The van der Waals surface area contributed by atoms with Gasteiger partial charge in [-0.05, 0) is 6.42 Å². The van der Waals surface area contributed by atoms with Gasteiger partial charge in [-0.25, -0.2) is 19.3 Å². The van der Waals surface area contributed by atoms with Gasteiger partial charge in [-0.2, -0.15) is 4.98 Å². The lowest BCUT2D eigenvalue weighted by atomic mass is 10.1. The number of aromatic nitrogens is 4. The summed E-state index contributed by atoms with van der Waals surface area (Å²) in [5, 5.41) is 0. The minimum atomic E-state index is -0.864. The van der Waals surface area contributed by atoms with E-state index >= 15 is 0 Å². The quantitative estimate of drug-likeness (QED) is 0.863. The van der Waals surface area contributed by atoms with Crippen LogP contribution in [0.3, 0.4) is 0 Å². The van der Waals surface area contributed by atoms with Gasteiger partial charge in [-0.3, -0.25) is 0 Å². The molecule has 0 spiro atoms. The summed E-state index contributed by atoms with van der Waals surface area (Å²) in [5.74, 6) is 1.58. The maximum Gasteiger partial charge on any atom is 0.227 e. The van der Waals surface area contributed by atoms with E-state index in [9.17, 15) is 4.39 Å². The van der Waals surface area contributed by atoms with Crippen molar-refractivity contribution in [2.45, 2.75) is 31.7 Å². The minimum absolute atomic E-state index is 0.0308. The zero-order valence-electron chi connectivity index (χ0n) is 15.1. The van der Waals surface area contributed by atoms with E-state index in [1.54, 1.807) is 12.4 Å². The van der Waals surface area contributed by atoms with Crippen LogP contribution in [-0.4, -0.2) is 64.5 Å². The molecule has 0 aromatic carbocycles. The molecule has 2 aromatic heterocycles. The fourth-order valence-electron chi connectivity index (χ4n) is 4.10. The van der Waals surface area contributed by atoms with E-state index < -0.39 is 6.17 Å². The fraction of sp³-hybridized carbons (Fsp3) is 0.556. The first-order valence-electron chi connectivity index (χ1n) is 9.31. The van der Waals surface area contributed by atoms with Gasteiger partial charge in [0.05, 0.1) is 31.0 Å². The Morgan fingerprint density at radius 1 is 1.19 bits per heavy atom. The smallest absolute Gasteiger partial charge is 0.227 e. The molecule has 5 rings (SSSR count). The number of nitrogens with zero attached hydrogens (tertiary/aromatic N) is 6. The number of fused-ring (bicyclic) bond motifs is 2. The van der Waals surface area contributed by atoms with E-state index in [0.29, 0.717) is 30.8 Å². The highest BCUT2D eigenvalue weighted by molar-refractivity contribution is 5.65. The third-order valence-electron chi connectivity index (χ3n) is 5.67. The number of nitrogens with two attached hydrogens (primary N) is 1. The van der Waals surface area contributed by atoms with E-state index in [1.807, 2.05) is 17.9 Å². The van der Waals surface area contributed by atoms with Crippen LogP contribution in [0.2, 0.25) is 0 Å². The normalized spacial score (nSPS) is 29.7. The molecule has 2 N–H and O–H groups in total. The first-order chi connectivity index (χ1) is 13.1. The predicted octanol–water partition coefficient (Wildman–Crippen LogP) is 1.29. The zero-order valence-corrected chi connectivity index (χ0v) is 15.1. The monoisotopic (exact) mass is 371 g/mol. The van der Waals surface area contributed by atoms with E-state index in [4.69, 9.17) is 15.5 Å². The Hall–Kier alpha value is -2.55. The molecule has 142 valence electrons. The van der Waals surface area contributed by atoms with Crippen LogP contribution in [0.25, 0.3) is 11.3 Å². The highest BCUT2D eigenvalue weighted by Gasteiger charge is 2.40. The summed E-state index contributed by atoms with van der Waals surface area (Å²) in [6.07, 6.45) is 3.73. The summed E-state index contributed by atoms with van der Waals surface area (Å²) in [4.78, 5) is 21.8. The number of anilines is 3. The number of hydrogen-bond donors (Lipinski definition) is 1. The third kappa shape index (κ3) is 2.95. The minimum Gasteiger partial charge on any atom is -0.374 e. The largest absolute Gasteiger partial charge is 0.374 e. The van der Waals surface area contributed by atoms with Crippen molar-refractivity contribution in [3.63, 3.8) is 0 Å². The molecule has 0 amide bonds. The lowest BCUT2D eigenvalue weighted by Crippen LogP contribution is -2.38. The standard InChI is InChI=1S/C18H22FN7O/c1-10-6-25(8-14(10)19)18-23-15(11-4-21-17(20)22-5-11)3-16(24-18)26-7-13-2-12(26)9-27-13/h3-5,10,12-14H,2,6-9H2,1H3,(H2,20,21,22)/t10?,12-,13-,14?/m0/s1. The van der Waals surface area contributed by atoms with E-state index in [1.165, 1.54) is 0 Å². The van der Waals surface area contributed by atoms with Crippen LogP contribution in [0.5, 0.6) is 0 Å². The molecule has 3 fully saturated rings. The Morgan fingerprint density at radius 3 is 2.63 bits per heavy atom. The van der Waals surface area contributed by atoms with Gasteiger partial charge in [0, 0.05) is 43.0 Å². The lowest BCUT2D eigenvalue weighted by Gasteiger charge is -2.29. The van der Waals surface area contributed by atoms with E-state index in [-0.39, 0.29) is 18.0 Å². The van der Waals surface area contributed by atoms with Gasteiger partial charge >= 0.3 is 0 Å². The number of halogens is 1. The van der Waals surface area contributed by atoms with Crippen molar-refractivity contribution in [1.29, 1.82) is 0 Å². The molecule has 2 unspecified atom stereocenters. The average molecular weight is 371 g/mol. The van der Waals surface area contributed by atoms with Crippen LogP contribution in [0.1, 0.15) is 13.3 Å². The lowest BCUT2D eigenvalue weighted by molar-refractivity contribution is 0.0989. The summed E-state index contributed by atoms with van der Waals surface area (Å²) >= 11 is 0. The van der Waals surface area contributed by atoms with Gasteiger partial charge in [0.25, 0.3) is 0 Å². The SMILES string of the molecule is CC1CN(c2nc(-c3cnc(N)nc3)cc(N3C[C@@H]4C[C@H]3CO4)n2)CC1F. The molecule has 2 bridgehead atoms. The van der Waals surface area contributed by atoms with Crippen LogP contribution in [0.4, 0.5) is 22.1 Å². The molecule has 3 aliphatic heterocycles. The summed E-state index contributed by atoms with van der Waals surface area (Å²) in [7, 11) is 0. The van der Waals surface area contributed by atoms with Gasteiger partial charge in [-0.15, -0.1) is 0 Å². The Morgan fingerprint density at radius 2 is 2.00 bits per heavy atom. The Kier molecular flexibility index (Phi) is 3.85. The average Bonchev–Trinajstić information content (AvgIpc) is 3.39. The van der Waals surface area contributed by atoms with Gasteiger partial charge < -0.3 is 20.3 Å². The number of ether oxygens (including phenoxy) is 1. The van der Waals surface area contributed by atoms with E-state index in [2.05, 4.69) is 19.9 Å². The number of nitrogen functional groups attached to an aromatic ring is 1.